The first-order valence-electron chi connectivity index (χ1n) is 7.42. The predicted octanol–water partition coefficient (Wildman–Crippen LogP) is 4.62. The molecule has 1 aromatic carbocycles. The summed E-state index contributed by atoms with van der Waals surface area (Å²) in [5.41, 5.74) is 3.61. The van der Waals surface area contributed by atoms with Crippen molar-refractivity contribution in [1.29, 1.82) is 0 Å². The molecule has 0 saturated carbocycles. The van der Waals surface area contributed by atoms with Crippen LogP contribution in [0.2, 0.25) is 0 Å². The van der Waals surface area contributed by atoms with E-state index in [1.54, 1.807) is 4.68 Å². The molecular weight excluding hydrogens is 260 g/mol. The molecule has 2 rings (SSSR count). The molecule has 0 bridgehead atoms. The third kappa shape index (κ3) is 2.97. The fraction of sp³-hybridized carbons (Fsp3) is 0.500. The van der Waals surface area contributed by atoms with Crippen LogP contribution in [0.15, 0.2) is 24.3 Å². The van der Waals surface area contributed by atoms with Crippen molar-refractivity contribution < 1.29 is 5.11 Å². The number of rotatable bonds is 1. The van der Waals surface area contributed by atoms with Crippen LogP contribution in [0.5, 0.6) is 5.88 Å². The number of benzene rings is 1. The van der Waals surface area contributed by atoms with Crippen LogP contribution >= 0.6 is 0 Å². The van der Waals surface area contributed by atoms with Crippen LogP contribution in [-0.2, 0) is 11.0 Å². The average molecular weight is 286 g/mol. The van der Waals surface area contributed by atoms with Crippen molar-refractivity contribution in [1.82, 2.24) is 9.78 Å². The molecule has 0 radical (unpaired) electrons. The van der Waals surface area contributed by atoms with Gasteiger partial charge in [0.25, 0.3) is 0 Å². The molecular formula is C18H26N2O. The van der Waals surface area contributed by atoms with Crippen LogP contribution in [0.3, 0.4) is 0 Å². The smallest absolute Gasteiger partial charge is 0.214 e. The van der Waals surface area contributed by atoms with E-state index in [0.717, 1.165) is 16.8 Å². The lowest BCUT2D eigenvalue weighted by Gasteiger charge is -2.22. The highest BCUT2D eigenvalue weighted by molar-refractivity contribution is 5.67. The molecule has 3 heteroatoms. The van der Waals surface area contributed by atoms with Crippen LogP contribution in [0.1, 0.15) is 52.7 Å². The van der Waals surface area contributed by atoms with Crippen LogP contribution in [-0.4, -0.2) is 14.9 Å². The van der Waals surface area contributed by atoms with Gasteiger partial charge in [0.05, 0.1) is 5.54 Å². The van der Waals surface area contributed by atoms with Crippen molar-refractivity contribution in [3.63, 3.8) is 0 Å². The molecule has 1 aromatic heterocycles. The van der Waals surface area contributed by atoms with Crippen molar-refractivity contribution in [3.05, 3.63) is 35.4 Å². The molecule has 3 nitrogen and oxygen atoms in total. The van der Waals surface area contributed by atoms with Gasteiger partial charge in [-0.1, -0.05) is 50.6 Å². The molecule has 0 amide bonds. The van der Waals surface area contributed by atoms with Gasteiger partial charge in [-0.2, -0.15) is 5.10 Å². The summed E-state index contributed by atoms with van der Waals surface area (Å²) >= 11 is 0. The van der Waals surface area contributed by atoms with E-state index >= 15 is 0 Å². The summed E-state index contributed by atoms with van der Waals surface area (Å²) in [6.45, 7) is 14.5. The average Bonchev–Trinajstić information content (AvgIpc) is 2.67. The van der Waals surface area contributed by atoms with Gasteiger partial charge in [-0.05, 0) is 33.1 Å². The SMILES string of the molecule is Cc1ccc(-c2nn(C(C)(C)C)c(O)c2C(C)(C)C)cc1. The zero-order valence-corrected chi connectivity index (χ0v) is 14.2. The van der Waals surface area contributed by atoms with E-state index in [9.17, 15) is 5.11 Å². The van der Waals surface area contributed by atoms with E-state index in [1.807, 2.05) is 20.8 Å². The summed E-state index contributed by atoms with van der Waals surface area (Å²) in [6.07, 6.45) is 0. The number of hydrogen-bond donors (Lipinski definition) is 1. The lowest BCUT2D eigenvalue weighted by molar-refractivity contribution is 0.290. The Labute approximate surface area is 127 Å². The van der Waals surface area contributed by atoms with Crippen LogP contribution in [0, 0.1) is 6.92 Å². The second kappa shape index (κ2) is 4.90. The number of aryl methyl sites for hydroxylation is 1. The van der Waals surface area contributed by atoms with Gasteiger partial charge in [-0.3, -0.25) is 0 Å². The predicted molar refractivity (Wildman–Crippen MR) is 87.8 cm³/mol. The zero-order chi connectivity index (χ0) is 16.0. The Hall–Kier alpha value is -1.77. The minimum atomic E-state index is -0.257. The summed E-state index contributed by atoms with van der Waals surface area (Å²) in [5, 5.41) is 15.4. The molecule has 0 aliphatic rings. The van der Waals surface area contributed by atoms with E-state index in [2.05, 4.69) is 52.0 Å². The zero-order valence-electron chi connectivity index (χ0n) is 14.2. The van der Waals surface area contributed by atoms with E-state index in [4.69, 9.17) is 5.10 Å². The second-order valence-corrected chi connectivity index (χ2v) is 7.75. The Kier molecular flexibility index (Phi) is 3.64. The monoisotopic (exact) mass is 286 g/mol. The second-order valence-electron chi connectivity index (χ2n) is 7.75. The van der Waals surface area contributed by atoms with Crippen molar-refractivity contribution in [2.24, 2.45) is 0 Å². The van der Waals surface area contributed by atoms with Crippen molar-refractivity contribution in [2.75, 3.05) is 0 Å². The minimum absolute atomic E-state index is 0.173. The Morgan fingerprint density at radius 2 is 1.48 bits per heavy atom. The van der Waals surface area contributed by atoms with E-state index in [-0.39, 0.29) is 16.8 Å². The molecule has 114 valence electrons. The van der Waals surface area contributed by atoms with Gasteiger partial charge in [-0.25, -0.2) is 4.68 Å². The summed E-state index contributed by atoms with van der Waals surface area (Å²) in [7, 11) is 0. The fourth-order valence-corrected chi connectivity index (χ4v) is 2.48. The van der Waals surface area contributed by atoms with Crippen molar-refractivity contribution in [3.8, 4) is 17.1 Å². The molecule has 21 heavy (non-hydrogen) atoms. The molecule has 0 saturated heterocycles. The van der Waals surface area contributed by atoms with E-state index in [0.29, 0.717) is 0 Å². The van der Waals surface area contributed by atoms with Gasteiger partial charge < -0.3 is 5.11 Å². The first kappa shape index (κ1) is 15.6. The normalized spacial score (nSPS) is 12.7. The van der Waals surface area contributed by atoms with Gasteiger partial charge >= 0.3 is 0 Å². The van der Waals surface area contributed by atoms with E-state index in [1.165, 1.54) is 5.56 Å². The molecule has 0 aliphatic heterocycles. The minimum Gasteiger partial charge on any atom is -0.493 e. The van der Waals surface area contributed by atoms with Gasteiger partial charge in [0, 0.05) is 11.1 Å². The highest BCUT2D eigenvalue weighted by Gasteiger charge is 2.31. The maximum Gasteiger partial charge on any atom is 0.214 e. The Morgan fingerprint density at radius 3 is 1.90 bits per heavy atom. The quantitative estimate of drug-likeness (QED) is 0.831. The summed E-state index contributed by atoms with van der Waals surface area (Å²) in [6, 6.07) is 8.29. The standard InChI is InChI=1S/C18H26N2O/c1-12-8-10-13(11-9-12)15-14(17(2,3)4)16(21)20(19-15)18(5,6)7/h8-11,21H,1-7H3. The summed E-state index contributed by atoms with van der Waals surface area (Å²) < 4.78 is 1.72. The largest absolute Gasteiger partial charge is 0.493 e. The maximum atomic E-state index is 10.7. The number of hydrogen-bond acceptors (Lipinski definition) is 2. The first-order chi connectivity index (χ1) is 9.51. The molecule has 0 fully saturated rings. The lowest BCUT2D eigenvalue weighted by Crippen LogP contribution is -2.23. The third-order valence-corrected chi connectivity index (χ3v) is 3.57. The Bertz CT molecular complexity index is 638. The number of aromatic hydroxyl groups is 1. The fourth-order valence-electron chi connectivity index (χ4n) is 2.48. The molecule has 0 aliphatic carbocycles. The Morgan fingerprint density at radius 1 is 0.952 bits per heavy atom. The lowest BCUT2D eigenvalue weighted by atomic mass is 9.85. The third-order valence-electron chi connectivity index (χ3n) is 3.57. The first-order valence-corrected chi connectivity index (χ1v) is 7.42. The van der Waals surface area contributed by atoms with Crippen LogP contribution < -0.4 is 0 Å². The van der Waals surface area contributed by atoms with Crippen LogP contribution in [0.4, 0.5) is 0 Å². The topological polar surface area (TPSA) is 38.0 Å². The maximum absolute atomic E-state index is 10.7. The molecule has 0 unspecified atom stereocenters. The number of nitrogens with zero attached hydrogens (tertiary/aromatic N) is 2. The molecule has 1 N–H and O–H groups in total. The van der Waals surface area contributed by atoms with Crippen LogP contribution in [0.25, 0.3) is 11.3 Å². The summed E-state index contributed by atoms with van der Waals surface area (Å²) in [5.74, 6) is 0.269. The number of aromatic nitrogens is 2. The highest BCUT2D eigenvalue weighted by Crippen LogP contribution is 2.40. The molecule has 0 atom stereocenters. The summed E-state index contributed by atoms with van der Waals surface area (Å²) in [4.78, 5) is 0. The van der Waals surface area contributed by atoms with Gasteiger partial charge in [0.2, 0.25) is 5.88 Å². The molecule has 1 heterocycles. The Balaban J connectivity index is 2.73. The van der Waals surface area contributed by atoms with Gasteiger partial charge in [-0.15, -0.1) is 0 Å². The van der Waals surface area contributed by atoms with Crippen molar-refractivity contribution >= 4 is 0 Å². The molecule has 0 spiro atoms. The van der Waals surface area contributed by atoms with Gasteiger partial charge in [0.1, 0.15) is 5.69 Å². The molecule has 2 aromatic rings. The van der Waals surface area contributed by atoms with Crippen molar-refractivity contribution in [2.45, 2.75) is 59.4 Å². The highest BCUT2D eigenvalue weighted by atomic mass is 16.3. The van der Waals surface area contributed by atoms with Gasteiger partial charge in [0.15, 0.2) is 0 Å². The van der Waals surface area contributed by atoms with E-state index < -0.39 is 0 Å².